The van der Waals surface area contributed by atoms with Crippen molar-refractivity contribution in [1.29, 1.82) is 0 Å². The van der Waals surface area contributed by atoms with Crippen LogP contribution in [0.3, 0.4) is 0 Å². The summed E-state index contributed by atoms with van der Waals surface area (Å²) in [6.07, 6.45) is 0.829. The van der Waals surface area contributed by atoms with Crippen LogP contribution >= 0.6 is 0 Å². The lowest BCUT2D eigenvalue weighted by Gasteiger charge is -2.37. The van der Waals surface area contributed by atoms with Gasteiger partial charge < -0.3 is 9.80 Å². The second-order valence-electron chi connectivity index (χ2n) is 7.27. The number of carbonyl (C=O) groups is 1. The highest BCUT2D eigenvalue weighted by Crippen LogP contribution is 2.27. The summed E-state index contributed by atoms with van der Waals surface area (Å²) in [5.41, 5.74) is 2.71. The normalized spacial score (nSPS) is 14.7. The fourth-order valence-electron chi connectivity index (χ4n) is 3.52. The molecule has 3 rings (SSSR count). The first-order valence-corrected chi connectivity index (χ1v) is 9.58. The Morgan fingerprint density at radius 3 is 2.48 bits per heavy atom. The summed E-state index contributed by atoms with van der Waals surface area (Å²) < 4.78 is 13.6. The molecule has 0 spiro atoms. The van der Waals surface area contributed by atoms with Crippen LogP contribution in [0.1, 0.15) is 32.0 Å². The molecule has 1 aromatic heterocycles. The summed E-state index contributed by atoms with van der Waals surface area (Å²) >= 11 is 0. The Bertz CT molecular complexity index is 829. The molecule has 0 bridgehead atoms. The summed E-state index contributed by atoms with van der Waals surface area (Å²) in [6.45, 7) is 10.8. The Hall–Kier alpha value is -2.50. The van der Waals surface area contributed by atoms with Crippen molar-refractivity contribution in [2.24, 2.45) is 5.92 Å². The molecule has 144 valence electrons. The van der Waals surface area contributed by atoms with Crippen LogP contribution in [0.15, 0.2) is 24.3 Å². The van der Waals surface area contributed by atoms with Gasteiger partial charge in [-0.3, -0.25) is 4.79 Å². The van der Waals surface area contributed by atoms with Crippen LogP contribution < -0.4 is 4.90 Å². The van der Waals surface area contributed by atoms with Crippen LogP contribution in [0.4, 0.5) is 10.2 Å². The maximum Gasteiger partial charge on any atom is 0.225 e. The first-order valence-electron chi connectivity index (χ1n) is 9.58. The van der Waals surface area contributed by atoms with Crippen molar-refractivity contribution in [3.8, 4) is 11.4 Å². The lowest BCUT2D eigenvalue weighted by atomic mass is 10.1. The van der Waals surface area contributed by atoms with E-state index in [0.29, 0.717) is 24.5 Å². The number of halogens is 1. The maximum atomic E-state index is 13.6. The lowest BCUT2D eigenvalue weighted by molar-refractivity contribution is -0.134. The fraction of sp³-hybridized carbons (Fsp3) is 0.476. The molecule has 1 fully saturated rings. The minimum atomic E-state index is -0.296. The Kier molecular flexibility index (Phi) is 5.73. The number of hydrogen-bond donors (Lipinski definition) is 0. The zero-order chi connectivity index (χ0) is 19.6. The molecule has 27 heavy (non-hydrogen) atoms. The standard InChI is InChI=1S/C21H27FN4O/c1-5-18-15(4)23-19(16-7-6-8-17(22)13-16)24-20(18)25-9-11-26(12-10-25)21(27)14(2)3/h6-8,13-14H,5,9-12H2,1-4H3. The Morgan fingerprint density at radius 2 is 1.89 bits per heavy atom. The molecule has 0 unspecified atom stereocenters. The van der Waals surface area contributed by atoms with Gasteiger partial charge in [0.15, 0.2) is 5.82 Å². The summed E-state index contributed by atoms with van der Waals surface area (Å²) in [6, 6.07) is 6.38. The number of rotatable bonds is 4. The lowest BCUT2D eigenvalue weighted by Crippen LogP contribution is -2.50. The highest BCUT2D eigenvalue weighted by atomic mass is 19.1. The molecular weight excluding hydrogens is 343 g/mol. The van der Waals surface area contributed by atoms with Gasteiger partial charge in [0, 0.05) is 48.9 Å². The van der Waals surface area contributed by atoms with Gasteiger partial charge in [-0.1, -0.05) is 32.9 Å². The van der Waals surface area contributed by atoms with Crippen molar-refractivity contribution in [3.63, 3.8) is 0 Å². The minimum Gasteiger partial charge on any atom is -0.353 e. The van der Waals surface area contributed by atoms with Crippen LogP contribution in [0, 0.1) is 18.7 Å². The number of nitrogens with zero attached hydrogens (tertiary/aromatic N) is 4. The van der Waals surface area contributed by atoms with Gasteiger partial charge in [-0.25, -0.2) is 14.4 Å². The van der Waals surface area contributed by atoms with E-state index in [1.165, 1.54) is 12.1 Å². The summed E-state index contributed by atoms with van der Waals surface area (Å²) in [7, 11) is 0. The number of aromatic nitrogens is 2. The average molecular weight is 370 g/mol. The zero-order valence-corrected chi connectivity index (χ0v) is 16.5. The SMILES string of the molecule is CCc1c(C)nc(-c2cccc(F)c2)nc1N1CCN(C(=O)C(C)C)CC1. The molecule has 0 N–H and O–H groups in total. The highest BCUT2D eigenvalue weighted by Gasteiger charge is 2.25. The van der Waals surface area contributed by atoms with E-state index >= 15 is 0 Å². The first-order chi connectivity index (χ1) is 12.9. The van der Waals surface area contributed by atoms with Crippen molar-refractivity contribution in [2.45, 2.75) is 34.1 Å². The molecule has 2 heterocycles. The topological polar surface area (TPSA) is 49.3 Å². The third kappa shape index (κ3) is 4.10. The average Bonchev–Trinajstić information content (AvgIpc) is 2.66. The van der Waals surface area contributed by atoms with Crippen molar-refractivity contribution in [1.82, 2.24) is 14.9 Å². The third-order valence-corrected chi connectivity index (χ3v) is 5.01. The number of carbonyl (C=O) groups excluding carboxylic acids is 1. The van der Waals surface area contributed by atoms with Crippen molar-refractivity contribution < 1.29 is 9.18 Å². The quantitative estimate of drug-likeness (QED) is 0.827. The van der Waals surface area contributed by atoms with Crippen molar-refractivity contribution >= 4 is 11.7 Å². The number of anilines is 1. The second kappa shape index (κ2) is 8.03. The van der Waals surface area contributed by atoms with Gasteiger partial charge >= 0.3 is 0 Å². The highest BCUT2D eigenvalue weighted by molar-refractivity contribution is 5.78. The number of amides is 1. The second-order valence-corrected chi connectivity index (χ2v) is 7.27. The molecule has 5 nitrogen and oxygen atoms in total. The zero-order valence-electron chi connectivity index (χ0n) is 16.5. The molecule has 0 aliphatic carbocycles. The monoisotopic (exact) mass is 370 g/mol. The van der Waals surface area contributed by atoms with Crippen LogP contribution in [0.2, 0.25) is 0 Å². The number of aryl methyl sites for hydroxylation is 1. The van der Waals surface area contributed by atoms with E-state index in [0.717, 1.165) is 36.6 Å². The van der Waals surface area contributed by atoms with Gasteiger partial charge in [-0.2, -0.15) is 0 Å². The number of benzene rings is 1. The Labute approximate surface area is 160 Å². The van der Waals surface area contributed by atoms with Gasteiger partial charge in [0.1, 0.15) is 11.6 Å². The van der Waals surface area contributed by atoms with Crippen molar-refractivity contribution in [2.75, 3.05) is 31.1 Å². The van der Waals surface area contributed by atoms with Gasteiger partial charge in [-0.15, -0.1) is 0 Å². The predicted octanol–water partition coefficient (Wildman–Crippen LogP) is 3.46. The van der Waals surface area contributed by atoms with E-state index in [-0.39, 0.29) is 17.6 Å². The van der Waals surface area contributed by atoms with E-state index in [9.17, 15) is 9.18 Å². The van der Waals surface area contributed by atoms with E-state index in [2.05, 4.69) is 16.8 Å². The van der Waals surface area contributed by atoms with Crippen molar-refractivity contribution in [3.05, 3.63) is 41.3 Å². The smallest absolute Gasteiger partial charge is 0.225 e. The molecule has 6 heteroatoms. The van der Waals surface area contributed by atoms with Crippen LogP contribution in [0.5, 0.6) is 0 Å². The minimum absolute atomic E-state index is 0.0172. The molecule has 1 aliphatic heterocycles. The molecule has 2 aromatic rings. The molecule has 0 saturated carbocycles. The Balaban J connectivity index is 1.90. The van der Waals surface area contributed by atoms with E-state index in [1.54, 1.807) is 6.07 Å². The van der Waals surface area contributed by atoms with Crippen LogP contribution in [-0.2, 0) is 11.2 Å². The summed E-state index contributed by atoms with van der Waals surface area (Å²) in [4.78, 5) is 25.8. The first kappa shape index (κ1) is 19.3. The Morgan fingerprint density at radius 1 is 1.19 bits per heavy atom. The third-order valence-electron chi connectivity index (χ3n) is 5.01. The fourth-order valence-corrected chi connectivity index (χ4v) is 3.52. The molecule has 0 radical (unpaired) electrons. The van der Waals surface area contributed by atoms with Gasteiger partial charge in [0.2, 0.25) is 5.91 Å². The number of piperazine rings is 1. The van der Waals surface area contributed by atoms with Gasteiger partial charge in [0.05, 0.1) is 0 Å². The molecule has 1 aliphatic rings. The largest absolute Gasteiger partial charge is 0.353 e. The molecular formula is C21H27FN4O. The van der Waals surface area contributed by atoms with E-state index in [1.807, 2.05) is 31.7 Å². The van der Waals surface area contributed by atoms with E-state index < -0.39 is 0 Å². The number of hydrogen-bond acceptors (Lipinski definition) is 4. The summed E-state index contributed by atoms with van der Waals surface area (Å²) in [5, 5.41) is 0. The van der Waals surface area contributed by atoms with Gasteiger partial charge in [-0.05, 0) is 25.5 Å². The molecule has 1 amide bonds. The van der Waals surface area contributed by atoms with Gasteiger partial charge in [0.25, 0.3) is 0 Å². The van der Waals surface area contributed by atoms with Crippen LogP contribution in [-0.4, -0.2) is 47.0 Å². The predicted molar refractivity (Wildman–Crippen MR) is 105 cm³/mol. The van der Waals surface area contributed by atoms with E-state index in [4.69, 9.17) is 4.98 Å². The maximum absolute atomic E-state index is 13.6. The summed E-state index contributed by atoms with van der Waals surface area (Å²) in [5.74, 6) is 1.37. The molecule has 1 saturated heterocycles. The molecule has 1 aromatic carbocycles. The van der Waals surface area contributed by atoms with Crippen LogP contribution in [0.25, 0.3) is 11.4 Å². The molecule has 0 atom stereocenters.